The van der Waals surface area contributed by atoms with Crippen molar-refractivity contribution in [2.75, 3.05) is 20.2 Å². The van der Waals surface area contributed by atoms with Crippen molar-refractivity contribution in [1.82, 2.24) is 5.32 Å². The first kappa shape index (κ1) is 9.48. The van der Waals surface area contributed by atoms with Crippen LogP contribution in [0.1, 0.15) is 12.8 Å². The maximum atomic E-state index is 10.9. The highest BCUT2D eigenvalue weighted by molar-refractivity contribution is 5.74. The molecular weight excluding hydrogens is 158 g/mol. The van der Waals surface area contributed by atoms with E-state index in [4.69, 9.17) is 0 Å². The van der Waals surface area contributed by atoms with Crippen molar-refractivity contribution >= 4 is 5.97 Å². The first-order chi connectivity index (χ1) is 5.75. The highest BCUT2D eigenvalue weighted by atomic mass is 16.5. The summed E-state index contributed by atoms with van der Waals surface area (Å²) in [5, 5.41) is 12.6. The molecule has 0 aromatic heterocycles. The molecule has 0 spiro atoms. The lowest BCUT2D eigenvalue weighted by atomic mass is 9.94. The SMILES string of the molecule is COC(=O)[C@@H](O)[C@H]1CCCNC1. The molecule has 4 nitrogen and oxygen atoms in total. The van der Waals surface area contributed by atoms with Gasteiger partial charge in [0.25, 0.3) is 0 Å². The fourth-order valence-electron chi connectivity index (χ4n) is 1.46. The summed E-state index contributed by atoms with van der Waals surface area (Å²) >= 11 is 0. The van der Waals surface area contributed by atoms with Gasteiger partial charge in [0.1, 0.15) is 0 Å². The van der Waals surface area contributed by atoms with Gasteiger partial charge < -0.3 is 15.2 Å². The summed E-state index contributed by atoms with van der Waals surface area (Å²) in [6, 6.07) is 0. The van der Waals surface area contributed by atoms with Gasteiger partial charge in [-0.15, -0.1) is 0 Å². The van der Waals surface area contributed by atoms with Crippen molar-refractivity contribution in [3.8, 4) is 0 Å². The third-order valence-electron chi connectivity index (χ3n) is 2.22. The van der Waals surface area contributed by atoms with E-state index in [2.05, 4.69) is 10.1 Å². The third-order valence-corrected chi connectivity index (χ3v) is 2.22. The van der Waals surface area contributed by atoms with Crippen LogP contribution in [0.15, 0.2) is 0 Å². The molecule has 1 aliphatic rings. The van der Waals surface area contributed by atoms with Gasteiger partial charge in [0, 0.05) is 12.5 Å². The zero-order valence-electron chi connectivity index (χ0n) is 7.25. The molecule has 0 radical (unpaired) electrons. The quantitative estimate of drug-likeness (QED) is 0.554. The molecular formula is C8H15NO3. The first-order valence-corrected chi connectivity index (χ1v) is 4.22. The summed E-state index contributed by atoms with van der Waals surface area (Å²) in [7, 11) is 1.29. The number of aliphatic hydroxyl groups excluding tert-OH is 1. The predicted molar refractivity (Wildman–Crippen MR) is 43.6 cm³/mol. The molecule has 0 unspecified atom stereocenters. The Hall–Kier alpha value is -0.610. The van der Waals surface area contributed by atoms with Crippen LogP contribution in [-0.4, -0.2) is 37.4 Å². The molecule has 1 rings (SSSR count). The number of hydrogen-bond donors (Lipinski definition) is 2. The van der Waals surface area contributed by atoms with Crippen LogP contribution in [0.2, 0.25) is 0 Å². The van der Waals surface area contributed by atoms with Gasteiger partial charge in [-0.05, 0) is 19.4 Å². The number of piperidine rings is 1. The van der Waals surface area contributed by atoms with E-state index in [-0.39, 0.29) is 5.92 Å². The lowest BCUT2D eigenvalue weighted by molar-refractivity contribution is -0.153. The van der Waals surface area contributed by atoms with E-state index in [0.717, 1.165) is 19.4 Å². The molecule has 4 heteroatoms. The number of hydrogen-bond acceptors (Lipinski definition) is 4. The maximum Gasteiger partial charge on any atom is 0.335 e. The van der Waals surface area contributed by atoms with Crippen molar-refractivity contribution in [3.05, 3.63) is 0 Å². The average molecular weight is 173 g/mol. The number of ether oxygens (including phenoxy) is 1. The average Bonchev–Trinajstić information content (AvgIpc) is 2.17. The van der Waals surface area contributed by atoms with E-state index in [1.807, 2.05) is 0 Å². The van der Waals surface area contributed by atoms with Gasteiger partial charge in [0.15, 0.2) is 6.10 Å². The molecule has 0 bridgehead atoms. The van der Waals surface area contributed by atoms with E-state index in [0.29, 0.717) is 6.54 Å². The molecule has 0 aliphatic carbocycles. The topological polar surface area (TPSA) is 58.6 Å². The van der Waals surface area contributed by atoms with Gasteiger partial charge in [-0.25, -0.2) is 4.79 Å². The van der Waals surface area contributed by atoms with Crippen LogP contribution in [0.4, 0.5) is 0 Å². The van der Waals surface area contributed by atoms with Gasteiger partial charge in [0.2, 0.25) is 0 Å². The van der Waals surface area contributed by atoms with Crippen molar-refractivity contribution < 1.29 is 14.6 Å². The van der Waals surface area contributed by atoms with E-state index in [9.17, 15) is 9.90 Å². The Balaban J connectivity index is 2.39. The molecule has 0 aromatic rings. The van der Waals surface area contributed by atoms with Gasteiger partial charge >= 0.3 is 5.97 Å². The highest BCUT2D eigenvalue weighted by Crippen LogP contribution is 2.14. The van der Waals surface area contributed by atoms with Crippen molar-refractivity contribution in [1.29, 1.82) is 0 Å². The Labute approximate surface area is 71.9 Å². The van der Waals surface area contributed by atoms with Gasteiger partial charge in [0.05, 0.1) is 7.11 Å². The number of nitrogens with one attached hydrogen (secondary N) is 1. The monoisotopic (exact) mass is 173 g/mol. The molecule has 2 atom stereocenters. The zero-order valence-corrected chi connectivity index (χ0v) is 7.25. The number of methoxy groups -OCH3 is 1. The Morgan fingerprint density at radius 1 is 1.75 bits per heavy atom. The van der Waals surface area contributed by atoms with Crippen LogP contribution >= 0.6 is 0 Å². The van der Waals surface area contributed by atoms with E-state index in [1.54, 1.807) is 0 Å². The summed E-state index contributed by atoms with van der Waals surface area (Å²) in [5.74, 6) is -0.505. The Morgan fingerprint density at radius 2 is 2.50 bits per heavy atom. The second kappa shape index (κ2) is 4.42. The predicted octanol–water partition coefficient (Wildman–Crippen LogP) is -0.480. The summed E-state index contributed by atoms with van der Waals surface area (Å²) in [6.45, 7) is 1.68. The minimum atomic E-state index is -0.956. The molecule has 0 aromatic carbocycles. The second-order valence-electron chi connectivity index (χ2n) is 3.07. The largest absolute Gasteiger partial charge is 0.467 e. The molecule has 0 amide bonds. The van der Waals surface area contributed by atoms with E-state index >= 15 is 0 Å². The fourth-order valence-corrected chi connectivity index (χ4v) is 1.46. The lowest BCUT2D eigenvalue weighted by Crippen LogP contribution is -2.40. The Morgan fingerprint density at radius 3 is 3.00 bits per heavy atom. The van der Waals surface area contributed by atoms with Crippen LogP contribution in [0.5, 0.6) is 0 Å². The molecule has 1 heterocycles. The standard InChI is InChI=1S/C8H15NO3/c1-12-8(11)7(10)6-3-2-4-9-5-6/h6-7,9-10H,2-5H2,1H3/t6-,7-/m0/s1. The lowest BCUT2D eigenvalue weighted by Gasteiger charge is -2.25. The second-order valence-corrected chi connectivity index (χ2v) is 3.07. The first-order valence-electron chi connectivity index (χ1n) is 4.22. The Bertz CT molecular complexity index is 154. The minimum absolute atomic E-state index is 0.0196. The van der Waals surface area contributed by atoms with Crippen LogP contribution in [0.3, 0.4) is 0 Å². The molecule has 1 saturated heterocycles. The van der Waals surface area contributed by atoms with Crippen molar-refractivity contribution in [2.45, 2.75) is 18.9 Å². The minimum Gasteiger partial charge on any atom is -0.467 e. The maximum absolute atomic E-state index is 10.9. The summed E-state index contributed by atoms with van der Waals surface area (Å²) in [6.07, 6.45) is 0.949. The number of carbonyl (C=O) groups excluding carboxylic acids is 1. The summed E-state index contributed by atoms with van der Waals surface area (Å²) < 4.78 is 4.45. The van der Waals surface area contributed by atoms with Crippen molar-refractivity contribution in [2.24, 2.45) is 5.92 Å². The van der Waals surface area contributed by atoms with Crippen LogP contribution in [0.25, 0.3) is 0 Å². The third kappa shape index (κ3) is 2.19. The molecule has 2 N–H and O–H groups in total. The van der Waals surface area contributed by atoms with Gasteiger partial charge in [-0.3, -0.25) is 0 Å². The van der Waals surface area contributed by atoms with Crippen LogP contribution < -0.4 is 5.32 Å². The van der Waals surface area contributed by atoms with Gasteiger partial charge in [-0.1, -0.05) is 0 Å². The van der Waals surface area contributed by atoms with Crippen LogP contribution in [-0.2, 0) is 9.53 Å². The molecule has 1 aliphatic heterocycles. The molecule has 70 valence electrons. The van der Waals surface area contributed by atoms with E-state index in [1.165, 1.54) is 7.11 Å². The number of carbonyl (C=O) groups is 1. The molecule has 1 fully saturated rings. The zero-order chi connectivity index (χ0) is 8.97. The molecule has 0 saturated carbocycles. The normalized spacial score (nSPS) is 26.3. The smallest absolute Gasteiger partial charge is 0.335 e. The van der Waals surface area contributed by atoms with Gasteiger partial charge in [-0.2, -0.15) is 0 Å². The van der Waals surface area contributed by atoms with E-state index < -0.39 is 12.1 Å². The number of esters is 1. The number of aliphatic hydroxyl groups is 1. The fraction of sp³-hybridized carbons (Fsp3) is 0.875. The Kier molecular flexibility index (Phi) is 3.49. The summed E-state index contributed by atoms with van der Waals surface area (Å²) in [4.78, 5) is 10.9. The molecule has 12 heavy (non-hydrogen) atoms. The number of rotatable bonds is 2. The van der Waals surface area contributed by atoms with Crippen LogP contribution in [0, 0.1) is 5.92 Å². The van der Waals surface area contributed by atoms with Crippen molar-refractivity contribution in [3.63, 3.8) is 0 Å². The summed E-state index contributed by atoms with van der Waals surface area (Å²) in [5.41, 5.74) is 0. The highest BCUT2D eigenvalue weighted by Gasteiger charge is 2.27.